The average Bonchev–Trinajstić information content (AvgIpc) is 2.79. The maximum Gasteiger partial charge on any atom is 0.191 e. The van der Waals surface area contributed by atoms with Crippen molar-refractivity contribution >= 4 is 29.5 Å². The molecule has 0 spiro atoms. The minimum atomic E-state index is 0.746. The molecule has 0 aromatic carbocycles. The molecule has 1 unspecified atom stereocenters. The molecule has 0 saturated carbocycles. The Morgan fingerprint density at radius 2 is 2.38 bits per heavy atom. The summed E-state index contributed by atoms with van der Waals surface area (Å²) in [6.07, 6.45) is 4.82. The average molecular weight is 261 g/mol. The summed E-state index contributed by atoms with van der Waals surface area (Å²) in [7, 11) is 0. The molecule has 1 aliphatic rings. The summed E-state index contributed by atoms with van der Waals surface area (Å²) in [6.45, 7) is 4.99. The Labute approximate surface area is 108 Å². The Hall–Kier alpha value is -0.0300. The number of hydrogen-bond acceptors (Lipinski definition) is 3. The summed E-state index contributed by atoms with van der Waals surface area (Å²) in [5.41, 5.74) is 0. The zero-order valence-corrected chi connectivity index (χ0v) is 11.9. The van der Waals surface area contributed by atoms with Crippen LogP contribution in [-0.4, -0.2) is 48.6 Å². The van der Waals surface area contributed by atoms with Gasteiger partial charge >= 0.3 is 0 Å². The number of rotatable bonds is 6. The van der Waals surface area contributed by atoms with Gasteiger partial charge in [-0.2, -0.15) is 23.5 Å². The van der Waals surface area contributed by atoms with Crippen LogP contribution in [0.1, 0.15) is 19.8 Å². The van der Waals surface area contributed by atoms with Crippen molar-refractivity contribution in [2.45, 2.75) is 25.0 Å². The van der Waals surface area contributed by atoms with Crippen molar-refractivity contribution in [1.29, 1.82) is 0 Å². The van der Waals surface area contributed by atoms with E-state index in [1.807, 2.05) is 11.8 Å². The minimum Gasteiger partial charge on any atom is -0.357 e. The van der Waals surface area contributed by atoms with Crippen molar-refractivity contribution in [3.8, 4) is 0 Å². The molecule has 1 aliphatic heterocycles. The highest BCUT2D eigenvalue weighted by molar-refractivity contribution is 8.00. The molecule has 1 heterocycles. The summed E-state index contributed by atoms with van der Waals surface area (Å²) in [5, 5.41) is 7.39. The van der Waals surface area contributed by atoms with E-state index >= 15 is 0 Å². The summed E-state index contributed by atoms with van der Waals surface area (Å²) in [4.78, 5) is 4.63. The summed E-state index contributed by atoms with van der Waals surface area (Å²) >= 11 is 3.92. The lowest BCUT2D eigenvalue weighted by atomic mass is 10.2. The van der Waals surface area contributed by atoms with Crippen LogP contribution in [0.15, 0.2) is 4.99 Å². The molecule has 2 N–H and O–H groups in total. The molecule has 0 aromatic rings. The number of guanidine groups is 1. The van der Waals surface area contributed by atoms with Gasteiger partial charge in [0.1, 0.15) is 0 Å². The lowest BCUT2D eigenvalue weighted by molar-refractivity contribution is 0.770. The van der Waals surface area contributed by atoms with E-state index in [-0.39, 0.29) is 0 Å². The van der Waals surface area contributed by atoms with Gasteiger partial charge in [0.05, 0.1) is 6.54 Å². The van der Waals surface area contributed by atoms with Crippen molar-refractivity contribution in [2.24, 2.45) is 4.99 Å². The fourth-order valence-corrected chi connectivity index (χ4v) is 3.08. The molecule has 0 aliphatic carbocycles. The minimum absolute atomic E-state index is 0.746. The third-order valence-corrected chi connectivity index (χ3v) is 4.41. The van der Waals surface area contributed by atoms with Crippen LogP contribution in [0.4, 0.5) is 0 Å². The number of thioether (sulfide) groups is 2. The molecular formula is C11H23N3S2. The van der Waals surface area contributed by atoms with E-state index < -0.39 is 0 Å². The second-order valence-electron chi connectivity index (χ2n) is 3.77. The number of aliphatic imine (C=N–C) groups is 1. The second kappa shape index (κ2) is 9.05. The zero-order valence-electron chi connectivity index (χ0n) is 10.3. The summed E-state index contributed by atoms with van der Waals surface area (Å²) < 4.78 is 0. The maximum atomic E-state index is 4.63. The highest BCUT2D eigenvalue weighted by Gasteiger charge is 2.14. The van der Waals surface area contributed by atoms with Gasteiger partial charge in [0.25, 0.3) is 0 Å². The molecule has 0 radical (unpaired) electrons. The Morgan fingerprint density at radius 3 is 3.00 bits per heavy atom. The Bertz CT molecular complexity index is 203. The van der Waals surface area contributed by atoms with Crippen LogP contribution in [0.3, 0.4) is 0 Å². The molecule has 3 nitrogen and oxygen atoms in total. The van der Waals surface area contributed by atoms with Crippen molar-refractivity contribution in [1.82, 2.24) is 10.6 Å². The third kappa shape index (κ3) is 5.89. The van der Waals surface area contributed by atoms with Gasteiger partial charge in [0, 0.05) is 24.1 Å². The molecular weight excluding hydrogens is 238 g/mol. The van der Waals surface area contributed by atoms with Crippen LogP contribution in [-0.2, 0) is 0 Å². The van der Waals surface area contributed by atoms with E-state index in [4.69, 9.17) is 0 Å². The maximum absolute atomic E-state index is 4.63. The molecule has 0 aromatic heterocycles. The predicted octanol–water partition coefficient (Wildman–Crippen LogP) is 1.80. The SMILES string of the molecule is CCNC(=NCC1CCCS1)NCCSC. The Kier molecular flexibility index (Phi) is 7.93. The van der Waals surface area contributed by atoms with E-state index in [1.54, 1.807) is 0 Å². The molecule has 0 bridgehead atoms. The second-order valence-corrected chi connectivity index (χ2v) is 6.17. The first-order valence-corrected chi connectivity index (χ1v) is 8.43. The fourth-order valence-electron chi connectivity index (χ4n) is 1.59. The van der Waals surface area contributed by atoms with Crippen LogP contribution < -0.4 is 10.6 Å². The monoisotopic (exact) mass is 261 g/mol. The van der Waals surface area contributed by atoms with Gasteiger partial charge in [-0.3, -0.25) is 4.99 Å². The van der Waals surface area contributed by atoms with Crippen molar-refractivity contribution in [3.05, 3.63) is 0 Å². The van der Waals surface area contributed by atoms with Gasteiger partial charge in [0.15, 0.2) is 5.96 Å². The van der Waals surface area contributed by atoms with Crippen molar-refractivity contribution in [3.63, 3.8) is 0 Å². The van der Waals surface area contributed by atoms with Crippen molar-refractivity contribution < 1.29 is 0 Å². The number of nitrogens with zero attached hydrogens (tertiary/aromatic N) is 1. The van der Waals surface area contributed by atoms with Crippen LogP contribution in [0.5, 0.6) is 0 Å². The topological polar surface area (TPSA) is 36.4 Å². The first-order chi connectivity index (χ1) is 7.86. The van der Waals surface area contributed by atoms with E-state index in [0.29, 0.717) is 0 Å². The molecule has 16 heavy (non-hydrogen) atoms. The highest BCUT2D eigenvalue weighted by Crippen LogP contribution is 2.25. The normalized spacial score (nSPS) is 21.1. The lowest BCUT2D eigenvalue weighted by Gasteiger charge is -2.12. The fraction of sp³-hybridized carbons (Fsp3) is 0.909. The molecule has 5 heteroatoms. The van der Waals surface area contributed by atoms with Crippen LogP contribution in [0.2, 0.25) is 0 Å². The van der Waals surface area contributed by atoms with E-state index in [0.717, 1.165) is 36.6 Å². The van der Waals surface area contributed by atoms with Crippen LogP contribution >= 0.6 is 23.5 Å². The van der Waals surface area contributed by atoms with Gasteiger partial charge in [0.2, 0.25) is 0 Å². The van der Waals surface area contributed by atoms with Crippen LogP contribution in [0.25, 0.3) is 0 Å². The molecule has 1 atom stereocenters. The summed E-state index contributed by atoms with van der Waals surface area (Å²) in [5.74, 6) is 3.42. The highest BCUT2D eigenvalue weighted by atomic mass is 32.2. The molecule has 1 rings (SSSR count). The first-order valence-electron chi connectivity index (χ1n) is 5.99. The molecule has 1 fully saturated rings. The standard InChI is InChI=1S/C11H23N3S2/c1-3-12-11(13-6-8-15-2)14-9-10-5-4-7-16-10/h10H,3-9H2,1-2H3,(H2,12,13,14). The van der Waals surface area contributed by atoms with Gasteiger partial charge in [-0.05, 0) is 31.8 Å². The predicted molar refractivity (Wildman–Crippen MR) is 77.8 cm³/mol. The quantitative estimate of drug-likeness (QED) is 0.434. The van der Waals surface area contributed by atoms with Gasteiger partial charge in [-0.15, -0.1) is 0 Å². The lowest BCUT2D eigenvalue weighted by Crippen LogP contribution is -2.38. The van der Waals surface area contributed by atoms with Gasteiger partial charge < -0.3 is 10.6 Å². The molecule has 0 amide bonds. The van der Waals surface area contributed by atoms with E-state index in [1.165, 1.54) is 18.6 Å². The number of hydrogen-bond donors (Lipinski definition) is 2. The smallest absolute Gasteiger partial charge is 0.191 e. The molecule has 1 saturated heterocycles. The first kappa shape index (κ1) is 14.0. The molecule has 94 valence electrons. The van der Waals surface area contributed by atoms with Gasteiger partial charge in [-0.1, -0.05) is 0 Å². The summed E-state index contributed by atoms with van der Waals surface area (Å²) in [6, 6.07) is 0. The third-order valence-electron chi connectivity index (χ3n) is 2.42. The zero-order chi connectivity index (χ0) is 11.6. The Balaban J connectivity index is 2.25. The van der Waals surface area contributed by atoms with E-state index in [9.17, 15) is 0 Å². The van der Waals surface area contributed by atoms with Gasteiger partial charge in [-0.25, -0.2) is 0 Å². The van der Waals surface area contributed by atoms with Crippen LogP contribution in [0, 0.1) is 0 Å². The van der Waals surface area contributed by atoms with E-state index in [2.05, 4.69) is 40.6 Å². The number of nitrogens with one attached hydrogen (secondary N) is 2. The largest absolute Gasteiger partial charge is 0.357 e. The van der Waals surface area contributed by atoms with Crippen molar-refractivity contribution in [2.75, 3.05) is 37.4 Å². The Morgan fingerprint density at radius 1 is 1.50 bits per heavy atom.